The van der Waals surface area contributed by atoms with Crippen LogP contribution < -0.4 is 11.1 Å². The fourth-order valence-electron chi connectivity index (χ4n) is 2.41. The Hall–Kier alpha value is -3.95. The van der Waals surface area contributed by atoms with Gasteiger partial charge in [-0.2, -0.15) is 9.72 Å². The van der Waals surface area contributed by atoms with Gasteiger partial charge in [-0.25, -0.2) is 14.6 Å². The quantitative estimate of drug-likeness (QED) is 0.472. The van der Waals surface area contributed by atoms with Crippen LogP contribution in [0.5, 0.6) is 0 Å². The summed E-state index contributed by atoms with van der Waals surface area (Å²) in [6.07, 6.45) is -1.21. The maximum Gasteiger partial charge on any atom is 0.460 e. The number of aromatic nitrogens is 3. The fourth-order valence-corrected chi connectivity index (χ4v) is 2.41. The highest BCUT2D eigenvalue weighted by Gasteiger charge is 2.17. The topological polar surface area (TPSA) is 132 Å². The predicted octanol–water partition coefficient (Wildman–Crippen LogP) is 2.31. The van der Waals surface area contributed by atoms with Gasteiger partial charge in [0.25, 0.3) is 0 Å². The highest BCUT2D eigenvalue weighted by molar-refractivity contribution is 6.10. The van der Waals surface area contributed by atoms with E-state index in [1.807, 2.05) is 25.1 Å². The van der Waals surface area contributed by atoms with E-state index in [1.54, 1.807) is 24.3 Å². The van der Waals surface area contributed by atoms with Gasteiger partial charge in [-0.1, -0.05) is 41.6 Å². The number of carboxylic acid groups (broad SMARTS) is 1. The lowest BCUT2D eigenvalue weighted by Gasteiger charge is -2.07. The molecule has 0 aliphatic rings. The number of nitrogens with one attached hydrogen (secondary N) is 1. The molecule has 0 saturated carbocycles. The summed E-state index contributed by atoms with van der Waals surface area (Å²) >= 11 is 0. The Morgan fingerprint density at radius 3 is 2.71 bits per heavy atom. The van der Waals surface area contributed by atoms with E-state index < -0.39 is 11.8 Å². The maximum absolute atomic E-state index is 11.6. The summed E-state index contributed by atoms with van der Waals surface area (Å²) in [5.41, 5.74) is 1.48. The standard InChI is InChI=1S/C18H17N5O5/c1-2-23-16(21-18(26)28-23)15(12-7-4-3-5-8-12)22-27-11-13-9-6-10-14(19-13)20-17(24)25/h3-10H,2,11H2,1H3,(H,19,20)(H,24,25). The zero-order valence-electron chi connectivity index (χ0n) is 14.9. The minimum Gasteiger partial charge on any atom is -0.465 e. The Bertz CT molecular complexity index is 1040. The molecular weight excluding hydrogens is 366 g/mol. The van der Waals surface area contributed by atoms with Crippen molar-refractivity contribution in [3.05, 3.63) is 76.2 Å². The molecule has 0 fully saturated rings. The van der Waals surface area contributed by atoms with Gasteiger partial charge < -0.3 is 14.5 Å². The first-order valence-corrected chi connectivity index (χ1v) is 8.36. The number of nitrogens with zero attached hydrogens (tertiary/aromatic N) is 4. The number of hydrogen-bond donors (Lipinski definition) is 2. The van der Waals surface area contributed by atoms with Gasteiger partial charge >= 0.3 is 11.8 Å². The molecular formula is C18H17N5O5. The Labute approximate surface area is 159 Å². The highest BCUT2D eigenvalue weighted by atomic mass is 16.6. The molecule has 2 N–H and O–H groups in total. The lowest BCUT2D eigenvalue weighted by molar-refractivity contribution is 0.127. The van der Waals surface area contributed by atoms with E-state index in [0.717, 1.165) is 0 Å². The second-order valence-electron chi connectivity index (χ2n) is 5.51. The Morgan fingerprint density at radius 1 is 1.21 bits per heavy atom. The lowest BCUT2D eigenvalue weighted by Crippen LogP contribution is -2.13. The number of carbonyl (C=O) groups is 1. The number of hydrogen-bond acceptors (Lipinski definition) is 7. The molecule has 0 spiro atoms. The number of aryl methyl sites for hydroxylation is 1. The average molecular weight is 383 g/mol. The van der Waals surface area contributed by atoms with Crippen LogP contribution in [0.1, 0.15) is 24.0 Å². The smallest absolute Gasteiger partial charge is 0.460 e. The molecule has 28 heavy (non-hydrogen) atoms. The van der Waals surface area contributed by atoms with Crippen molar-refractivity contribution in [2.24, 2.45) is 5.16 Å². The van der Waals surface area contributed by atoms with Gasteiger partial charge in [0.15, 0.2) is 12.3 Å². The summed E-state index contributed by atoms with van der Waals surface area (Å²) in [7, 11) is 0. The fraction of sp³-hybridized carbons (Fsp3) is 0.167. The molecule has 0 saturated heterocycles. The van der Waals surface area contributed by atoms with Crippen LogP contribution in [0.3, 0.4) is 0 Å². The third-order valence-corrected chi connectivity index (χ3v) is 3.58. The zero-order valence-corrected chi connectivity index (χ0v) is 14.9. The molecule has 10 heteroatoms. The van der Waals surface area contributed by atoms with Crippen molar-refractivity contribution in [3.8, 4) is 0 Å². The summed E-state index contributed by atoms with van der Waals surface area (Å²) in [6, 6.07) is 13.9. The Balaban J connectivity index is 1.86. The van der Waals surface area contributed by atoms with Crippen molar-refractivity contribution in [2.45, 2.75) is 20.1 Å². The van der Waals surface area contributed by atoms with Crippen molar-refractivity contribution in [3.63, 3.8) is 0 Å². The first-order valence-electron chi connectivity index (χ1n) is 8.36. The molecule has 2 aromatic heterocycles. The van der Waals surface area contributed by atoms with Crippen LogP contribution in [-0.2, 0) is 18.0 Å². The van der Waals surface area contributed by atoms with Gasteiger partial charge in [-0.3, -0.25) is 5.32 Å². The number of pyridine rings is 1. The molecule has 144 valence electrons. The second kappa shape index (κ2) is 8.62. The van der Waals surface area contributed by atoms with E-state index in [-0.39, 0.29) is 18.2 Å². The molecule has 3 rings (SSSR count). The molecule has 2 heterocycles. The zero-order chi connectivity index (χ0) is 19.9. The van der Waals surface area contributed by atoms with Gasteiger partial charge in [0.1, 0.15) is 5.82 Å². The van der Waals surface area contributed by atoms with Crippen LogP contribution in [0, 0.1) is 0 Å². The molecule has 0 unspecified atom stereocenters. The van der Waals surface area contributed by atoms with E-state index in [2.05, 4.69) is 20.4 Å². The van der Waals surface area contributed by atoms with Crippen molar-refractivity contribution in [2.75, 3.05) is 5.32 Å². The first-order chi connectivity index (χ1) is 13.6. The largest absolute Gasteiger partial charge is 0.465 e. The van der Waals surface area contributed by atoms with Crippen molar-refractivity contribution in [1.82, 2.24) is 14.7 Å². The second-order valence-corrected chi connectivity index (χ2v) is 5.51. The van der Waals surface area contributed by atoms with E-state index in [9.17, 15) is 9.59 Å². The van der Waals surface area contributed by atoms with Crippen molar-refractivity contribution >= 4 is 17.6 Å². The van der Waals surface area contributed by atoms with Crippen LogP contribution in [0.25, 0.3) is 0 Å². The summed E-state index contributed by atoms with van der Waals surface area (Å²) in [6.45, 7) is 2.18. The van der Waals surface area contributed by atoms with Crippen LogP contribution in [0.2, 0.25) is 0 Å². The normalized spacial score (nSPS) is 11.2. The molecule has 1 amide bonds. The van der Waals surface area contributed by atoms with Crippen LogP contribution in [0.15, 0.2) is 63.0 Å². The van der Waals surface area contributed by atoms with Crippen molar-refractivity contribution < 1.29 is 19.3 Å². The first kappa shape index (κ1) is 18.8. The minimum absolute atomic E-state index is 0.0142. The average Bonchev–Trinajstić information content (AvgIpc) is 3.06. The summed E-state index contributed by atoms with van der Waals surface area (Å²) in [4.78, 5) is 35.7. The number of benzene rings is 1. The van der Waals surface area contributed by atoms with Crippen LogP contribution in [-0.4, -0.2) is 31.6 Å². The highest BCUT2D eigenvalue weighted by Crippen LogP contribution is 2.11. The lowest BCUT2D eigenvalue weighted by atomic mass is 10.1. The van der Waals surface area contributed by atoms with Crippen molar-refractivity contribution in [1.29, 1.82) is 0 Å². The van der Waals surface area contributed by atoms with Gasteiger partial charge in [0.2, 0.25) is 5.82 Å². The number of rotatable bonds is 7. The predicted molar refractivity (Wildman–Crippen MR) is 99.2 cm³/mol. The summed E-state index contributed by atoms with van der Waals surface area (Å²) in [5.74, 6) is -0.306. The monoisotopic (exact) mass is 383 g/mol. The molecule has 10 nitrogen and oxygen atoms in total. The third-order valence-electron chi connectivity index (χ3n) is 3.58. The van der Waals surface area contributed by atoms with Gasteiger partial charge in [0, 0.05) is 5.56 Å². The minimum atomic E-state index is -1.21. The summed E-state index contributed by atoms with van der Waals surface area (Å²) in [5, 5.41) is 15.1. The van der Waals surface area contributed by atoms with E-state index >= 15 is 0 Å². The SMILES string of the molecule is CCn1oc(=O)nc1C(=NOCc1cccc(NC(=O)O)n1)c1ccccc1. The van der Waals surface area contributed by atoms with Gasteiger partial charge in [-0.15, -0.1) is 0 Å². The van der Waals surface area contributed by atoms with Crippen LogP contribution >= 0.6 is 0 Å². The summed E-state index contributed by atoms with van der Waals surface area (Å²) < 4.78 is 6.35. The molecule has 0 aliphatic heterocycles. The van der Waals surface area contributed by atoms with E-state index in [1.165, 1.54) is 10.8 Å². The molecule has 0 radical (unpaired) electrons. The molecule has 1 aromatic carbocycles. The Morgan fingerprint density at radius 2 is 2.00 bits per heavy atom. The van der Waals surface area contributed by atoms with Gasteiger partial charge in [0.05, 0.1) is 12.2 Å². The molecule has 0 atom stereocenters. The molecule has 3 aromatic rings. The molecule has 0 bridgehead atoms. The third kappa shape index (κ3) is 4.61. The van der Waals surface area contributed by atoms with E-state index in [0.29, 0.717) is 23.5 Å². The van der Waals surface area contributed by atoms with Crippen LogP contribution in [0.4, 0.5) is 10.6 Å². The number of anilines is 1. The van der Waals surface area contributed by atoms with Gasteiger partial charge in [-0.05, 0) is 19.1 Å². The molecule has 0 aliphatic carbocycles. The number of oxime groups is 1. The Kier molecular flexibility index (Phi) is 5.80. The van der Waals surface area contributed by atoms with E-state index in [4.69, 9.17) is 14.5 Å². The maximum atomic E-state index is 11.6. The number of amides is 1.